The van der Waals surface area contributed by atoms with Crippen molar-refractivity contribution in [1.29, 1.82) is 0 Å². The van der Waals surface area contributed by atoms with Crippen LogP contribution in [0.2, 0.25) is 0 Å². The van der Waals surface area contributed by atoms with Crippen LogP contribution >= 0.6 is 0 Å². The van der Waals surface area contributed by atoms with Gasteiger partial charge in [-0.15, -0.1) is 0 Å². The average molecular weight is 270 g/mol. The maximum atomic E-state index is 12.0. The molecule has 0 bridgehead atoms. The lowest BCUT2D eigenvalue weighted by Gasteiger charge is -2.07. The second kappa shape index (κ2) is 4.11. The molecule has 18 heavy (non-hydrogen) atoms. The number of hydrogen-bond donors (Lipinski definition) is 2. The summed E-state index contributed by atoms with van der Waals surface area (Å²) in [4.78, 5) is 10.1. The first-order valence-corrected chi connectivity index (χ1v) is 6.42. The highest BCUT2D eigenvalue weighted by Crippen LogP contribution is 2.36. The Balaban J connectivity index is 2.58. The minimum absolute atomic E-state index is 0.0291. The number of aliphatic hydroxyl groups is 1. The summed E-state index contributed by atoms with van der Waals surface area (Å²) in [7, 11) is -2.51. The van der Waals surface area contributed by atoms with Crippen LogP contribution < -0.4 is 4.74 Å². The Morgan fingerprint density at radius 1 is 1.39 bits per heavy atom. The van der Waals surface area contributed by atoms with Crippen LogP contribution in [0.4, 0.5) is 0 Å². The Labute approximate surface area is 103 Å². The molecule has 1 unspecified atom stereocenters. The van der Waals surface area contributed by atoms with Crippen molar-refractivity contribution in [3.8, 4) is 5.75 Å². The van der Waals surface area contributed by atoms with E-state index in [0.29, 0.717) is 11.3 Å². The molecule has 1 aliphatic heterocycles. The summed E-state index contributed by atoms with van der Waals surface area (Å²) in [5, 5.41) is 18.1. The van der Waals surface area contributed by atoms with Crippen molar-refractivity contribution < 1.29 is 28.2 Å². The molecule has 1 aliphatic rings. The van der Waals surface area contributed by atoms with Gasteiger partial charge in [-0.3, -0.25) is 0 Å². The summed E-state index contributed by atoms with van der Waals surface area (Å²) in [6, 6.07) is 4.25. The lowest BCUT2D eigenvalue weighted by atomic mass is 10.2. The standard InChI is InChI=1S/C11H10O6S/c1-17-7-2-3-8-6(4-7)5-9(18(8,15)16)10(12)11(13)14/h2-5,10,12H,1H3,(H,13,14). The van der Waals surface area contributed by atoms with Gasteiger partial charge in [-0.2, -0.15) is 0 Å². The van der Waals surface area contributed by atoms with Gasteiger partial charge in [0.2, 0.25) is 9.84 Å². The van der Waals surface area contributed by atoms with E-state index >= 15 is 0 Å². The molecule has 1 aromatic rings. The van der Waals surface area contributed by atoms with Gasteiger partial charge in [0.25, 0.3) is 0 Å². The Hall–Kier alpha value is -1.86. The number of rotatable bonds is 3. The molecule has 0 aromatic heterocycles. The summed E-state index contributed by atoms with van der Waals surface area (Å²) < 4.78 is 28.9. The Bertz CT molecular complexity index is 643. The predicted molar refractivity (Wildman–Crippen MR) is 61.8 cm³/mol. The van der Waals surface area contributed by atoms with Gasteiger partial charge in [-0.25, -0.2) is 13.2 Å². The topological polar surface area (TPSA) is 101 Å². The molecule has 1 heterocycles. The van der Waals surface area contributed by atoms with Crippen molar-refractivity contribution in [2.45, 2.75) is 11.0 Å². The fraction of sp³-hybridized carbons (Fsp3) is 0.182. The molecule has 0 radical (unpaired) electrons. The van der Waals surface area contributed by atoms with Crippen LogP contribution in [0, 0.1) is 0 Å². The largest absolute Gasteiger partial charge is 0.497 e. The molecular formula is C11H10O6S. The van der Waals surface area contributed by atoms with E-state index in [1.165, 1.54) is 25.3 Å². The van der Waals surface area contributed by atoms with Gasteiger partial charge in [0, 0.05) is 0 Å². The molecule has 96 valence electrons. The minimum Gasteiger partial charge on any atom is -0.497 e. The van der Waals surface area contributed by atoms with Gasteiger partial charge in [-0.1, -0.05) is 0 Å². The molecule has 1 atom stereocenters. The SMILES string of the molecule is COc1ccc2c(c1)C=C(C(O)C(=O)O)S2(=O)=O. The van der Waals surface area contributed by atoms with Crippen LogP contribution in [0.1, 0.15) is 5.56 Å². The van der Waals surface area contributed by atoms with E-state index in [0.717, 1.165) is 6.08 Å². The average Bonchev–Trinajstić information content (AvgIpc) is 2.59. The molecular weight excluding hydrogens is 260 g/mol. The van der Waals surface area contributed by atoms with E-state index in [1.54, 1.807) is 0 Å². The van der Waals surface area contributed by atoms with Crippen molar-refractivity contribution in [1.82, 2.24) is 0 Å². The third-order valence-electron chi connectivity index (χ3n) is 2.62. The smallest absolute Gasteiger partial charge is 0.337 e. The number of carbonyl (C=O) groups is 1. The second-order valence-corrected chi connectivity index (χ2v) is 5.61. The number of aliphatic hydroxyl groups excluding tert-OH is 1. The number of carboxylic acids is 1. The van der Waals surface area contributed by atoms with Gasteiger partial charge < -0.3 is 14.9 Å². The quantitative estimate of drug-likeness (QED) is 0.817. The predicted octanol–water partition coefficient (Wildman–Crippen LogP) is 0.269. The maximum absolute atomic E-state index is 12.0. The monoisotopic (exact) mass is 270 g/mol. The number of benzene rings is 1. The fourth-order valence-corrected chi connectivity index (χ4v) is 3.32. The molecule has 1 aromatic carbocycles. The first kappa shape index (κ1) is 12.6. The molecule has 6 nitrogen and oxygen atoms in total. The van der Waals surface area contributed by atoms with Crippen LogP contribution in [0.3, 0.4) is 0 Å². The van der Waals surface area contributed by atoms with Gasteiger partial charge >= 0.3 is 5.97 Å². The van der Waals surface area contributed by atoms with Crippen molar-refractivity contribution in [3.05, 3.63) is 28.7 Å². The third kappa shape index (κ3) is 1.77. The van der Waals surface area contributed by atoms with Crippen molar-refractivity contribution in [2.24, 2.45) is 0 Å². The van der Waals surface area contributed by atoms with Crippen LogP contribution in [0.25, 0.3) is 6.08 Å². The van der Waals surface area contributed by atoms with Crippen LogP contribution in [0.15, 0.2) is 28.0 Å². The number of fused-ring (bicyclic) bond motifs is 1. The van der Waals surface area contributed by atoms with Gasteiger partial charge in [0.15, 0.2) is 6.10 Å². The van der Waals surface area contributed by atoms with Crippen molar-refractivity contribution >= 4 is 21.9 Å². The highest BCUT2D eigenvalue weighted by molar-refractivity contribution is 7.96. The summed E-state index contributed by atoms with van der Waals surface area (Å²) >= 11 is 0. The molecule has 0 aliphatic carbocycles. The fourth-order valence-electron chi connectivity index (χ4n) is 1.72. The summed E-state index contributed by atoms with van der Waals surface area (Å²) in [6.45, 7) is 0. The van der Waals surface area contributed by atoms with Gasteiger partial charge in [0.1, 0.15) is 5.75 Å². The van der Waals surface area contributed by atoms with Crippen LogP contribution in [0.5, 0.6) is 5.75 Å². The van der Waals surface area contributed by atoms with Crippen LogP contribution in [-0.2, 0) is 14.6 Å². The molecule has 0 fully saturated rings. The number of sulfone groups is 1. The number of carboxylic acid groups (broad SMARTS) is 1. The van der Waals surface area contributed by atoms with Gasteiger partial charge in [-0.05, 0) is 29.8 Å². The first-order chi connectivity index (χ1) is 8.37. The molecule has 7 heteroatoms. The summed E-state index contributed by atoms with van der Waals surface area (Å²) in [5.41, 5.74) is 0.310. The molecule has 0 amide bonds. The summed E-state index contributed by atoms with van der Waals surface area (Å²) in [6.07, 6.45) is -0.917. The number of methoxy groups -OCH3 is 1. The third-order valence-corrected chi connectivity index (χ3v) is 4.53. The highest BCUT2D eigenvalue weighted by Gasteiger charge is 2.37. The number of hydrogen-bond acceptors (Lipinski definition) is 5. The molecule has 2 N–H and O–H groups in total. The minimum atomic E-state index is -3.94. The lowest BCUT2D eigenvalue weighted by molar-refractivity contribution is -0.144. The second-order valence-electron chi connectivity index (χ2n) is 3.69. The van der Waals surface area contributed by atoms with E-state index in [2.05, 4.69) is 0 Å². The molecule has 0 saturated heterocycles. The van der Waals surface area contributed by atoms with E-state index in [-0.39, 0.29) is 4.90 Å². The zero-order chi connectivity index (χ0) is 13.5. The Kier molecular flexibility index (Phi) is 2.88. The van der Waals surface area contributed by atoms with Crippen molar-refractivity contribution in [3.63, 3.8) is 0 Å². The Morgan fingerprint density at radius 2 is 2.06 bits per heavy atom. The molecule has 0 saturated carbocycles. The first-order valence-electron chi connectivity index (χ1n) is 4.93. The zero-order valence-corrected chi connectivity index (χ0v) is 10.1. The zero-order valence-electron chi connectivity index (χ0n) is 9.32. The van der Waals surface area contributed by atoms with E-state index in [1.807, 2.05) is 0 Å². The number of aliphatic carboxylic acids is 1. The lowest BCUT2D eigenvalue weighted by Crippen LogP contribution is -2.25. The highest BCUT2D eigenvalue weighted by atomic mass is 32.2. The molecule has 0 spiro atoms. The normalized spacial score (nSPS) is 17.8. The van der Waals surface area contributed by atoms with E-state index in [9.17, 15) is 18.3 Å². The van der Waals surface area contributed by atoms with Crippen LogP contribution in [-0.4, -0.2) is 37.8 Å². The Morgan fingerprint density at radius 3 is 2.61 bits per heavy atom. The van der Waals surface area contributed by atoms with E-state index in [4.69, 9.17) is 9.84 Å². The number of ether oxygens (including phenoxy) is 1. The van der Waals surface area contributed by atoms with Gasteiger partial charge in [0.05, 0.1) is 16.9 Å². The molecule has 2 rings (SSSR count). The summed E-state index contributed by atoms with van der Waals surface area (Å²) in [5.74, 6) is -1.16. The maximum Gasteiger partial charge on any atom is 0.337 e. The van der Waals surface area contributed by atoms with Crippen molar-refractivity contribution in [2.75, 3.05) is 7.11 Å². The van der Waals surface area contributed by atoms with E-state index < -0.39 is 26.8 Å².